The molecule has 2 heterocycles. The van der Waals surface area contributed by atoms with Crippen LogP contribution in [0.4, 0.5) is 0 Å². The number of aliphatic hydroxyl groups is 1. The number of para-hydroxylation sites is 1. The highest BCUT2D eigenvalue weighted by Gasteiger charge is 2.29. The standard InChI is InChI=1S/C24H26N2O3/c1-25-21-10-6-5-9-19(21)16-20(23(25)28)24(29)26-13-11-18(12-14-26)22(27)15-17-7-3-2-4-8-17/h2-10,16,18,22,27H,11-15H2,1H3. The molecular formula is C24H26N2O3. The molecule has 1 atom stereocenters. The van der Waals surface area contributed by atoms with Crippen molar-refractivity contribution < 1.29 is 9.90 Å². The molecule has 150 valence electrons. The number of benzene rings is 2. The van der Waals surface area contributed by atoms with Gasteiger partial charge in [-0.1, -0.05) is 48.5 Å². The van der Waals surface area contributed by atoms with E-state index < -0.39 is 6.10 Å². The van der Waals surface area contributed by atoms with Gasteiger partial charge in [-0.05, 0) is 48.3 Å². The number of fused-ring (bicyclic) bond motifs is 1. The predicted molar refractivity (Wildman–Crippen MR) is 114 cm³/mol. The van der Waals surface area contributed by atoms with E-state index in [4.69, 9.17) is 0 Å². The van der Waals surface area contributed by atoms with Gasteiger partial charge in [0.05, 0.1) is 11.6 Å². The van der Waals surface area contributed by atoms with E-state index in [2.05, 4.69) is 0 Å². The number of aliphatic hydroxyl groups excluding tert-OH is 1. The fourth-order valence-corrected chi connectivity index (χ4v) is 4.26. The van der Waals surface area contributed by atoms with Crippen molar-refractivity contribution in [3.05, 3.63) is 82.1 Å². The van der Waals surface area contributed by atoms with Gasteiger partial charge < -0.3 is 14.6 Å². The van der Waals surface area contributed by atoms with E-state index in [9.17, 15) is 14.7 Å². The molecule has 4 rings (SSSR count). The number of amides is 1. The Hall–Kier alpha value is -2.92. The molecule has 1 N–H and O–H groups in total. The van der Waals surface area contributed by atoms with Crippen LogP contribution in [0.25, 0.3) is 10.9 Å². The van der Waals surface area contributed by atoms with Crippen molar-refractivity contribution in [1.29, 1.82) is 0 Å². The Morgan fingerprint density at radius 2 is 1.72 bits per heavy atom. The van der Waals surface area contributed by atoms with Crippen LogP contribution in [0.1, 0.15) is 28.8 Å². The molecule has 1 aliphatic rings. The van der Waals surface area contributed by atoms with E-state index in [0.29, 0.717) is 19.5 Å². The number of hydrogen-bond donors (Lipinski definition) is 1. The third-order valence-electron chi connectivity index (χ3n) is 6.02. The van der Waals surface area contributed by atoms with Crippen LogP contribution in [0.2, 0.25) is 0 Å². The zero-order valence-corrected chi connectivity index (χ0v) is 16.6. The summed E-state index contributed by atoms with van der Waals surface area (Å²) in [6.45, 7) is 1.12. The van der Waals surface area contributed by atoms with E-state index in [1.165, 1.54) is 0 Å². The third-order valence-corrected chi connectivity index (χ3v) is 6.02. The third kappa shape index (κ3) is 3.96. The van der Waals surface area contributed by atoms with E-state index in [0.717, 1.165) is 29.3 Å². The summed E-state index contributed by atoms with van der Waals surface area (Å²) in [6, 6.07) is 19.3. The number of carbonyl (C=O) groups excluding carboxylic acids is 1. The molecule has 3 aromatic rings. The number of aromatic nitrogens is 1. The molecule has 1 saturated heterocycles. The average Bonchev–Trinajstić information content (AvgIpc) is 2.76. The number of likely N-dealkylation sites (tertiary alicyclic amines) is 1. The molecule has 0 saturated carbocycles. The minimum Gasteiger partial charge on any atom is -0.392 e. The highest BCUT2D eigenvalue weighted by atomic mass is 16.3. The van der Waals surface area contributed by atoms with Crippen molar-refractivity contribution in [2.75, 3.05) is 13.1 Å². The summed E-state index contributed by atoms with van der Waals surface area (Å²) in [7, 11) is 1.70. The van der Waals surface area contributed by atoms with Gasteiger partial charge in [-0.3, -0.25) is 9.59 Å². The molecule has 1 fully saturated rings. The monoisotopic (exact) mass is 390 g/mol. The van der Waals surface area contributed by atoms with Gasteiger partial charge in [-0.15, -0.1) is 0 Å². The van der Waals surface area contributed by atoms with Crippen LogP contribution < -0.4 is 5.56 Å². The first-order chi connectivity index (χ1) is 14.0. The average molecular weight is 390 g/mol. The van der Waals surface area contributed by atoms with Crippen LogP contribution in [-0.4, -0.2) is 39.7 Å². The van der Waals surface area contributed by atoms with Gasteiger partial charge in [-0.25, -0.2) is 0 Å². The lowest BCUT2D eigenvalue weighted by molar-refractivity contribution is 0.0466. The topological polar surface area (TPSA) is 62.5 Å². The second-order valence-corrected chi connectivity index (χ2v) is 7.87. The summed E-state index contributed by atoms with van der Waals surface area (Å²) in [4.78, 5) is 27.5. The van der Waals surface area contributed by atoms with E-state index in [1.54, 1.807) is 22.6 Å². The van der Waals surface area contributed by atoms with Gasteiger partial charge in [0.15, 0.2) is 0 Å². The smallest absolute Gasteiger partial charge is 0.263 e. The molecule has 1 aliphatic heterocycles. The predicted octanol–water partition coefficient (Wildman–Crippen LogP) is 2.99. The minimum atomic E-state index is -0.414. The van der Waals surface area contributed by atoms with Gasteiger partial charge in [0.2, 0.25) is 0 Å². The maximum Gasteiger partial charge on any atom is 0.263 e. The van der Waals surface area contributed by atoms with Crippen LogP contribution in [0.15, 0.2) is 65.5 Å². The van der Waals surface area contributed by atoms with Crippen LogP contribution in [0.3, 0.4) is 0 Å². The van der Waals surface area contributed by atoms with Gasteiger partial charge in [0.1, 0.15) is 5.56 Å². The second kappa shape index (κ2) is 8.21. The SMILES string of the molecule is Cn1c(=O)c(C(=O)N2CCC(C(O)Cc3ccccc3)CC2)cc2ccccc21. The van der Waals surface area contributed by atoms with Crippen LogP contribution in [0.5, 0.6) is 0 Å². The second-order valence-electron chi connectivity index (χ2n) is 7.87. The van der Waals surface area contributed by atoms with Crippen molar-refractivity contribution in [1.82, 2.24) is 9.47 Å². The Kier molecular flexibility index (Phi) is 5.49. The van der Waals surface area contributed by atoms with Crippen LogP contribution in [-0.2, 0) is 13.5 Å². The largest absolute Gasteiger partial charge is 0.392 e. The Balaban J connectivity index is 1.45. The molecular weight excluding hydrogens is 364 g/mol. The lowest BCUT2D eigenvalue weighted by atomic mass is 9.87. The number of piperidine rings is 1. The first kappa shape index (κ1) is 19.4. The summed E-state index contributed by atoms with van der Waals surface area (Å²) >= 11 is 0. The highest BCUT2D eigenvalue weighted by Crippen LogP contribution is 2.24. The lowest BCUT2D eigenvalue weighted by Gasteiger charge is -2.34. The summed E-state index contributed by atoms with van der Waals surface area (Å²) in [5.41, 5.74) is 1.89. The molecule has 2 aromatic carbocycles. The quantitative estimate of drug-likeness (QED) is 0.745. The van der Waals surface area contributed by atoms with Crippen molar-refractivity contribution in [3.8, 4) is 0 Å². The van der Waals surface area contributed by atoms with E-state index in [1.807, 2.05) is 54.6 Å². The fourth-order valence-electron chi connectivity index (χ4n) is 4.26. The van der Waals surface area contributed by atoms with Gasteiger partial charge in [0.25, 0.3) is 11.5 Å². The van der Waals surface area contributed by atoms with Gasteiger partial charge >= 0.3 is 0 Å². The highest BCUT2D eigenvalue weighted by molar-refractivity contribution is 5.97. The molecule has 5 heteroatoms. The molecule has 1 amide bonds. The number of rotatable bonds is 4. The fraction of sp³-hybridized carbons (Fsp3) is 0.333. The van der Waals surface area contributed by atoms with Crippen LogP contribution >= 0.6 is 0 Å². The molecule has 0 aliphatic carbocycles. The van der Waals surface area contributed by atoms with Crippen molar-refractivity contribution in [2.24, 2.45) is 13.0 Å². The molecule has 5 nitrogen and oxygen atoms in total. The first-order valence-corrected chi connectivity index (χ1v) is 10.1. The molecule has 0 bridgehead atoms. The van der Waals surface area contributed by atoms with Crippen molar-refractivity contribution >= 4 is 16.8 Å². The molecule has 0 spiro atoms. The molecule has 1 unspecified atom stereocenters. The summed E-state index contributed by atoms with van der Waals surface area (Å²) in [5.74, 6) is -0.0500. The summed E-state index contributed by atoms with van der Waals surface area (Å²) < 4.78 is 1.54. The van der Waals surface area contributed by atoms with Gasteiger partial charge in [-0.2, -0.15) is 0 Å². The van der Waals surface area contributed by atoms with E-state index in [-0.39, 0.29) is 22.9 Å². The maximum absolute atomic E-state index is 13.0. The number of aryl methyl sites for hydroxylation is 1. The summed E-state index contributed by atoms with van der Waals surface area (Å²) in [5, 5.41) is 11.5. The Bertz CT molecular complexity index is 1070. The Morgan fingerprint density at radius 1 is 1.07 bits per heavy atom. The first-order valence-electron chi connectivity index (χ1n) is 10.1. The van der Waals surface area contributed by atoms with Gasteiger partial charge in [0, 0.05) is 20.1 Å². The maximum atomic E-state index is 13.0. The van der Waals surface area contributed by atoms with Crippen LogP contribution in [0, 0.1) is 5.92 Å². The minimum absolute atomic E-state index is 0.165. The number of pyridine rings is 1. The molecule has 0 radical (unpaired) electrons. The number of nitrogens with zero attached hydrogens (tertiary/aromatic N) is 2. The zero-order valence-electron chi connectivity index (χ0n) is 16.6. The Labute approximate surface area is 170 Å². The van der Waals surface area contributed by atoms with Crippen molar-refractivity contribution in [2.45, 2.75) is 25.4 Å². The summed E-state index contributed by atoms with van der Waals surface area (Å²) in [6.07, 6.45) is 1.70. The number of carbonyl (C=O) groups is 1. The van der Waals surface area contributed by atoms with Crippen molar-refractivity contribution in [3.63, 3.8) is 0 Å². The molecule has 1 aromatic heterocycles. The van der Waals surface area contributed by atoms with E-state index >= 15 is 0 Å². The Morgan fingerprint density at radius 3 is 2.45 bits per heavy atom. The molecule has 29 heavy (non-hydrogen) atoms. The normalized spacial score (nSPS) is 16.1. The number of hydrogen-bond acceptors (Lipinski definition) is 3. The lowest BCUT2D eigenvalue weighted by Crippen LogP contribution is -2.43. The zero-order chi connectivity index (χ0) is 20.4.